The summed E-state index contributed by atoms with van der Waals surface area (Å²) in [6.45, 7) is 5.81. The summed E-state index contributed by atoms with van der Waals surface area (Å²) in [6.07, 6.45) is 1.17. The predicted molar refractivity (Wildman–Crippen MR) is 56.3 cm³/mol. The number of halogens is 2. The van der Waals surface area contributed by atoms with Crippen LogP contribution in [0.2, 0.25) is 5.15 Å². The smallest absolute Gasteiger partial charge is 0.155 e. The molecule has 2 nitrogen and oxygen atoms in total. The SMILES string of the molecule is CC.Cc1c(C2(F)CC2)nn(C)c1Cl. The first-order valence-corrected chi connectivity index (χ1v) is 5.31. The van der Waals surface area contributed by atoms with Crippen LogP contribution in [-0.2, 0) is 12.7 Å². The molecule has 1 heterocycles. The molecule has 0 radical (unpaired) electrons. The Morgan fingerprint density at radius 2 is 1.93 bits per heavy atom. The molecule has 0 spiro atoms. The van der Waals surface area contributed by atoms with Gasteiger partial charge >= 0.3 is 0 Å². The van der Waals surface area contributed by atoms with E-state index in [1.165, 1.54) is 4.68 Å². The van der Waals surface area contributed by atoms with E-state index in [1.54, 1.807) is 7.05 Å². The van der Waals surface area contributed by atoms with E-state index in [0.717, 1.165) is 5.56 Å². The molecule has 1 aromatic rings. The molecule has 2 rings (SSSR count). The topological polar surface area (TPSA) is 17.8 Å². The highest BCUT2D eigenvalue weighted by Crippen LogP contribution is 2.50. The lowest BCUT2D eigenvalue weighted by Gasteiger charge is -1.99. The van der Waals surface area contributed by atoms with Crippen LogP contribution in [0.1, 0.15) is 37.9 Å². The maximum Gasteiger partial charge on any atom is 0.155 e. The molecule has 0 saturated heterocycles. The van der Waals surface area contributed by atoms with Gasteiger partial charge in [-0.25, -0.2) is 4.39 Å². The highest BCUT2D eigenvalue weighted by molar-refractivity contribution is 6.30. The van der Waals surface area contributed by atoms with Crippen molar-refractivity contribution in [3.63, 3.8) is 0 Å². The lowest BCUT2D eigenvalue weighted by molar-refractivity contribution is 0.306. The van der Waals surface area contributed by atoms with Crippen LogP contribution in [0, 0.1) is 6.92 Å². The van der Waals surface area contributed by atoms with Crippen molar-refractivity contribution in [1.82, 2.24) is 9.78 Å². The maximum absolute atomic E-state index is 13.6. The fourth-order valence-corrected chi connectivity index (χ4v) is 1.51. The molecule has 0 bridgehead atoms. The fourth-order valence-electron chi connectivity index (χ4n) is 1.38. The van der Waals surface area contributed by atoms with Crippen molar-refractivity contribution in [2.24, 2.45) is 7.05 Å². The Bertz CT molecular complexity index is 329. The first kappa shape index (κ1) is 11.5. The van der Waals surface area contributed by atoms with Crippen LogP contribution in [0.25, 0.3) is 0 Å². The highest BCUT2D eigenvalue weighted by atomic mass is 35.5. The molecule has 0 aliphatic heterocycles. The van der Waals surface area contributed by atoms with E-state index in [1.807, 2.05) is 20.8 Å². The Balaban J connectivity index is 0.000000461. The molecule has 0 N–H and O–H groups in total. The van der Waals surface area contributed by atoms with Crippen molar-refractivity contribution in [1.29, 1.82) is 0 Å². The average molecular weight is 219 g/mol. The van der Waals surface area contributed by atoms with Gasteiger partial charge in [-0.05, 0) is 19.8 Å². The van der Waals surface area contributed by atoms with E-state index in [2.05, 4.69) is 5.10 Å². The molecule has 4 heteroatoms. The van der Waals surface area contributed by atoms with Gasteiger partial charge < -0.3 is 0 Å². The molecule has 1 aromatic heterocycles. The summed E-state index contributed by atoms with van der Waals surface area (Å²) in [5.74, 6) is 0. The van der Waals surface area contributed by atoms with Crippen molar-refractivity contribution < 1.29 is 4.39 Å². The summed E-state index contributed by atoms with van der Waals surface area (Å²) in [6, 6.07) is 0. The van der Waals surface area contributed by atoms with E-state index >= 15 is 0 Å². The molecule has 0 atom stereocenters. The Hall–Kier alpha value is -0.570. The van der Waals surface area contributed by atoms with E-state index in [-0.39, 0.29) is 0 Å². The van der Waals surface area contributed by atoms with Gasteiger partial charge in [0.15, 0.2) is 5.67 Å². The van der Waals surface area contributed by atoms with E-state index in [4.69, 9.17) is 11.6 Å². The summed E-state index contributed by atoms with van der Waals surface area (Å²) in [4.78, 5) is 0. The standard InChI is InChI=1S/C8H10ClFN2.C2H6/c1-5-6(8(10)3-4-8)11-12(2)7(5)9;1-2/h3-4H2,1-2H3;1-2H3. The lowest BCUT2D eigenvalue weighted by atomic mass is 10.2. The van der Waals surface area contributed by atoms with Crippen LogP contribution in [0.5, 0.6) is 0 Å². The third-order valence-electron chi connectivity index (χ3n) is 2.31. The molecule has 1 fully saturated rings. The summed E-state index contributed by atoms with van der Waals surface area (Å²) in [5, 5.41) is 4.59. The molecule has 0 amide bonds. The molecule has 80 valence electrons. The summed E-state index contributed by atoms with van der Waals surface area (Å²) < 4.78 is 15.1. The summed E-state index contributed by atoms with van der Waals surface area (Å²) >= 11 is 5.87. The minimum Gasteiger partial charge on any atom is -0.256 e. The van der Waals surface area contributed by atoms with Gasteiger partial charge in [-0.3, -0.25) is 4.68 Å². The van der Waals surface area contributed by atoms with Crippen LogP contribution in [0.4, 0.5) is 4.39 Å². The number of hydrogen-bond acceptors (Lipinski definition) is 1. The Morgan fingerprint density at radius 1 is 1.43 bits per heavy atom. The zero-order chi connectivity index (χ0) is 10.9. The molecule has 0 aromatic carbocycles. The predicted octanol–water partition coefficient (Wildman–Crippen LogP) is 3.37. The van der Waals surface area contributed by atoms with Gasteiger partial charge in [-0.1, -0.05) is 25.4 Å². The lowest BCUT2D eigenvalue weighted by Crippen LogP contribution is -2.01. The number of aryl methyl sites for hydroxylation is 1. The highest BCUT2D eigenvalue weighted by Gasteiger charge is 2.48. The minimum atomic E-state index is -1.17. The second kappa shape index (κ2) is 3.89. The Kier molecular flexibility index (Phi) is 3.20. The van der Waals surface area contributed by atoms with Gasteiger partial charge in [0.05, 0.1) is 0 Å². The quantitative estimate of drug-likeness (QED) is 0.707. The van der Waals surface area contributed by atoms with Crippen LogP contribution in [0.15, 0.2) is 0 Å². The van der Waals surface area contributed by atoms with Gasteiger partial charge in [0.25, 0.3) is 0 Å². The fraction of sp³-hybridized carbons (Fsp3) is 0.700. The van der Waals surface area contributed by atoms with Crippen LogP contribution >= 0.6 is 11.6 Å². The van der Waals surface area contributed by atoms with Crippen molar-refractivity contribution in [3.8, 4) is 0 Å². The number of aromatic nitrogens is 2. The molecule has 14 heavy (non-hydrogen) atoms. The normalized spacial score (nSPS) is 17.3. The summed E-state index contributed by atoms with van der Waals surface area (Å²) in [5.41, 5.74) is 0.129. The van der Waals surface area contributed by atoms with Gasteiger partial charge in [0.1, 0.15) is 10.8 Å². The van der Waals surface area contributed by atoms with Crippen molar-refractivity contribution >= 4 is 11.6 Å². The molecule has 1 aliphatic rings. The first-order chi connectivity index (χ1) is 6.54. The van der Waals surface area contributed by atoms with Gasteiger partial charge in [-0.2, -0.15) is 5.10 Å². The molecular formula is C10H16ClFN2. The second-order valence-corrected chi connectivity index (χ2v) is 3.71. The first-order valence-electron chi connectivity index (χ1n) is 4.93. The molecule has 1 aliphatic carbocycles. The van der Waals surface area contributed by atoms with Gasteiger partial charge in [0.2, 0.25) is 0 Å². The third-order valence-corrected chi connectivity index (χ3v) is 2.84. The third kappa shape index (κ3) is 1.78. The zero-order valence-electron chi connectivity index (χ0n) is 9.06. The van der Waals surface area contributed by atoms with Crippen molar-refractivity contribution in [3.05, 3.63) is 16.4 Å². The maximum atomic E-state index is 13.6. The van der Waals surface area contributed by atoms with Crippen molar-refractivity contribution in [2.45, 2.75) is 39.3 Å². The Morgan fingerprint density at radius 3 is 2.21 bits per heavy atom. The second-order valence-electron chi connectivity index (χ2n) is 3.35. The van der Waals surface area contributed by atoms with E-state index in [9.17, 15) is 4.39 Å². The monoisotopic (exact) mass is 218 g/mol. The molecular weight excluding hydrogens is 203 g/mol. The zero-order valence-corrected chi connectivity index (χ0v) is 9.82. The van der Waals surface area contributed by atoms with Crippen LogP contribution in [-0.4, -0.2) is 9.78 Å². The average Bonchev–Trinajstić information content (AvgIpc) is 2.88. The van der Waals surface area contributed by atoms with Gasteiger partial charge in [0, 0.05) is 12.6 Å². The number of hydrogen-bond donors (Lipinski definition) is 0. The van der Waals surface area contributed by atoms with Gasteiger partial charge in [-0.15, -0.1) is 0 Å². The van der Waals surface area contributed by atoms with Crippen LogP contribution in [0.3, 0.4) is 0 Å². The number of nitrogens with zero attached hydrogens (tertiary/aromatic N) is 2. The number of rotatable bonds is 1. The van der Waals surface area contributed by atoms with E-state index in [0.29, 0.717) is 23.7 Å². The molecule has 1 saturated carbocycles. The largest absolute Gasteiger partial charge is 0.256 e. The Labute approximate surface area is 89.1 Å². The van der Waals surface area contributed by atoms with E-state index < -0.39 is 5.67 Å². The minimum absolute atomic E-state index is 0.523. The molecule has 0 unspecified atom stereocenters. The number of alkyl halides is 1. The van der Waals surface area contributed by atoms with Crippen molar-refractivity contribution in [2.75, 3.05) is 0 Å². The van der Waals surface area contributed by atoms with Crippen LogP contribution < -0.4 is 0 Å². The summed E-state index contributed by atoms with van der Waals surface area (Å²) in [7, 11) is 1.73.